The molecule has 0 fully saturated rings. The van der Waals surface area contributed by atoms with Crippen LogP contribution < -0.4 is 15.8 Å². The maximum Gasteiger partial charge on any atom is 0.264 e. The average molecular weight is 494 g/mol. The molecule has 0 spiro atoms. The molecular weight excluding hydrogens is 461 g/mol. The SMILES string of the molecule is CC.CC.COc1ccc(-c2cc(F)c3c(=O)n(CCC(C(=O)NO)S(C)=O)cnc3c2)cc1. The fourth-order valence-corrected chi connectivity index (χ4v) is 3.91. The zero-order chi connectivity index (χ0) is 25.8. The van der Waals surface area contributed by atoms with Gasteiger partial charge in [0.05, 0.1) is 19.0 Å². The zero-order valence-electron chi connectivity index (χ0n) is 20.3. The van der Waals surface area contributed by atoms with E-state index in [0.29, 0.717) is 11.3 Å². The second kappa shape index (κ2) is 14.2. The molecule has 0 bridgehead atoms. The fraction of sp³-hybridized carbons (Fsp3) is 0.375. The quantitative estimate of drug-likeness (QED) is 0.381. The molecular formula is C24H32FN3O5S. The molecule has 8 nitrogen and oxygen atoms in total. The summed E-state index contributed by atoms with van der Waals surface area (Å²) in [5, 5.41) is 7.58. The number of aryl methyl sites for hydroxylation is 1. The highest BCUT2D eigenvalue weighted by Crippen LogP contribution is 2.26. The third kappa shape index (κ3) is 6.94. The Morgan fingerprint density at radius 2 is 1.79 bits per heavy atom. The van der Waals surface area contributed by atoms with Gasteiger partial charge in [-0.15, -0.1) is 0 Å². The van der Waals surface area contributed by atoms with Crippen molar-refractivity contribution in [1.29, 1.82) is 0 Å². The predicted molar refractivity (Wildman–Crippen MR) is 133 cm³/mol. The molecule has 2 N–H and O–H groups in total. The summed E-state index contributed by atoms with van der Waals surface area (Å²) in [6, 6.07) is 9.93. The van der Waals surface area contributed by atoms with Crippen molar-refractivity contribution in [3.8, 4) is 16.9 Å². The summed E-state index contributed by atoms with van der Waals surface area (Å²) < 4.78 is 32.8. The third-order valence-electron chi connectivity index (χ3n) is 4.74. The van der Waals surface area contributed by atoms with Crippen molar-refractivity contribution in [3.63, 3.8) is 0 Å². The lowest BCUT2D eigenvalue weighted by Gasteiger charge is -2.13. The number of hydrogen-bond acceptors (Lipinski definition) is 6. The Morgan fingerprint density at radius 1 is 1.18 bits per heavy atom. The van der Waals surface area contributed by atoms with Crippen LogP contribution in [0.3, 0.4) is 0 Å². The Kier molecular flexibility index (Phi) is 12.1. The molecule has 3 aromatic rings. The third-order valence-corrected chi connectivity index (χ3v) is 5.99. The smallest absolute Gasteiger partial charge is 0.264 e. The number of halogens is 1. The Morgan fingerprint density at radius 3 is 2.32 bits per heavy atom. The highest BCUT2D eigenvalue weighted by atomic mass is 32.2. The largest absolute Gasteiger partial charge is 0.497 e. The minimum atomic E-state index is -1.56. The fourth-order valence-electron chi connectivity index (χ4n) is 3.12. The average Bonchev–Trinajstić information content (AvgIpc) is 2.87. The van der Waals surface area contributed by atoms with E-state index in [-0.39, 0.29) is 23.9 Å². The van der Waals surface area contributed by atoms with Gasteiger partial charge >= 0.3 is 0 Å². The number of hydroxylamine groups is 1. The van der Waals surface area contributed by atoms with Gasteiger partial charge in [0.1, 0.15) is 22.2 Å². The van der Waals surface area contributed by atoms with Crippen LogP contribution in [0.1, 0.15) is 34.1 Å². The molecule has 0 aliphatic rings. The topological polar surface area (TPSA) is 111 Å². The van der Waals surface area contributed by atoms with Crippen LogP contribution >= 0.6 is 0 Å². The van der Waals surface area contributed by atoms with Crippen LogP contribution in [-0.4, -0.2) is 43.5 Å². The van der Waals surface area contributed by atoms with E-state index in [4.69, 9.17) is 9.94 Å². The van der Waals surface area contributed by atoms with E-state index in [1.54, 1.807) is 37.4 Å². The minimum Gasteiger partial charge on any atom is -0.497 e. The molecule has 2 aromatic carbocycles. The summed E-state index contributed by atoms with van der Waals surface area (Å²) in [6.45, 7) is 7.99. The summed E-state index contributed by atoms with van der Waals surface area (Å²) in [4.78, 5) is 28.5. The number of carbonyl (C=O) groups is 1. The van der Waals surface area contributed by atoms with Crippen LogP contribution in [0.2, 0.25) is 0 Å². The Bertz CT molecular complexity index is 1170. The number of fused-ring (bicyclic) bond motifs is 1. The summed E-state index contributed by atoms with van der Waals surface area (Å²) in [6.07, 6.45) is 2.59. The highest BCUT2D eigenvalue weighted by Gasteiger charge is 2.22. The Balaban J connectivity index is 0.00000137. The van der Waals surface area contributed by atoms with E-state index >= 15 is 0 Å². The number of rotatable bonds is 7. The number of nitrogens with one attached hydrogen (secondary N) is 1. The lowest BCUT2D eigenvalue weighted by molar-refractivity contribution is -0.128. The molecule has 10 heteroatoms. The van der Waals surface area contributed by atoms with Crippen molar-refractivity contribution >= 4 is 27.6 Å². The van der Waals surface area contributed by atoms with Crippen molar-refractivity contribution < 1.29 is 23.3 Å². The molecule has 0 saturated carbocycles. The van der Waals surface area contributed by atoms with Gasteiger partial charge in [-0.1, -0.05) is 39.8 Å². The van der Waals surface area contributed by atoms with Crippen LogP contribution in [0.4, 0.5) is 4.39 Å². The first kappa shape index (κ1) is 28.9. The molecule has 34 heavy (non-hydrogen) atoms. The number of ether oxygens (including phenoxy) is 1. The normalized spacial score (nSPS) is 11.9. The zero-order valence-corrected chi connectivity index (χ0v) is 21.1. The molecule has 2 atom stereocenters. The summed E-state index contributed by atoms with van der Waals surface area (Å²) in [5.41, 5.74) is 2.36. The lowest BCUT2D eigenvalue weighted by Crippen LogP contribution is -2.36. The van der Waals surface area contributed by atoms with Gasteiger partial charge in [0.2, 0.25) is 0 Å². The molecule has 2 unspecified atom stereocenters. The molecule has 1 heterocycles. The predicted octanol–water partition coefficient (Wildman–Crippen LogP) is 3.91. The summed E-state index contributed by atoms with van der Waals surface area (Å²) in [7, 11) is -0.0110. The van der Waals surface area contributed by atoms with E-state index in [0.717, 1.165) is 10.1 Å². The molecule has 1 amide bonds. The monoisotopic (exact) mass is 493 g/mol. The van der Waals surface area contributed by atoms with Crippen molar-refractivity contribution in [3.05, 3.63) is 58.9 Å². The van der Waals surface area contributed by atoms with Gasteiger partial charge in [-0.25, -0.2) is 14.9 Å². The molecule has 186 valence electrons. The number of carbonyl (C=O) groups excluding carboxylic acids is 1. The van der Waals surface area contributed by atoms with Crippen LogP contribution in [0, 0.1) is 5.82 Å². The molecule has 0 radical (unpaired) electrons. The van der Waals surface area contributed by atoms with Crippen LogP contribution in [0.15, 0.2) is 47.5 Å². The van der Waals surface area contributed by atoms with Gasteiger partial charge in [0.15, 0.2) is 0 Å². The van der Waals surface area contributed by atoms with E-state index < -0.39 is 33.3 Å². The van der Waals surface area contributed by atoms with Crippen molar-refractivity contribution in [2.45, 2.75) is 45.9 Å². The maximum absolute atomic E-state index is 14.8. The van der Waals surface area contributed by atoms with Crippen LogP contribution in [0.25, 0.3) is 22.0 Å². The molecule has 0 saturated heterocycles. The van der Waals surface area contributed by atoms with Gasteiger partial charge in [-0.05, 0) is 41.8 Å². The van der Waals surface area contributed by atoms with Crippen molar-refractivity contribution in [2.24, 2.45) is 0 Å². The van der Waals surface area contributed by atoms with Gasteiger partial charge in [0.25, 0.3) is 11.5 Å². The second-order valence-electron chi connectivity index (χ2n) is 6.58. The van der Waals surface area contributed by atoms with Gasteiger partial charge in [0, 0.05) is 23.6 Å². The Labute approximate surface area is 201 Å². The Hall–Kier alpha value is -3.11. The first-order valence-corrected chi connectivity index (χ1v) is 12.6. The van der Waals surface area contributed by atoms with E-state index in [1.807, 2.05) is 27.7 Å². The molecule has 0 aliphatic carbocycles. The van der Waals surface area contributed by atoms with E-state index in [1.165, 1.54) is 24.1 Å². The number of nitrogens with zero attached hydrogens (tertiary/aromatic N) is 2. The minimum absolute atomic E-state index is 0.00808. The molecule has 1 aromatic heterocycles. The summed E-state index contributed by atoms with van der Waals surface area (Å²) >= 11 is 0. The summed E-state index contributed by atoms with van der Waals surface area (Å²) in [5.74, 6) is -0.857. The van der Waals surface area contributed by atoms with Crippen LogP contribution in [-0.2, 0) is 22.1 Å². The first-order valence-electron chi connectivity index (χ1n) is 10.9. The molecule has 0 aliphatic heterocycles. The van der Waals surface area contributed by atoms with Gasteiger partial charge < -0.3 is 4.74 Å². The van der Waals surface area contributed by atoms with E-state index in [2.05, 4.69) is 4.98 Å². The maximum atomic E-state index is 14.8. The lowest BCUT2D eigenvalue weighted by atomic mass is 10.0. The number of benzene rings is 2. The number of aromatic nitrogens is 2. The number of methoxy groups -OCH3 is 1. The van der Waals surface area contributed by atoms with E-state index in [9.17, 15) is 18.2 Å². The number of hydrogen-bond donors (Lipinski definition) is 2. The van der Waals surface area contributed by atoms with Crippen LogP contribution in [0.5, 0.6) is 5.75 Å². The van der Waals surface area contributed by atoms with Crippen molar-refractivity contribution in [2.75, 3.05) is 13.4 Å². The highest BCUT2D eigenvalue weighted by molar-refractivity contribution is 7.85. The standard InChI is InChI=1S/C20H20FN3O5S.2C2H6/c1-29-14-5-3-12(4-6-14)13-9-15(21)18-16(10-13)22-11-24(20(18)26)8-7-17(30(2)28)19(25)23-27;2*1-2/h3-6,9-11,17,27H,7-8H2,1-2H3,(H,23,25);2*1-2H3. The second-order valence-corrected chi connectivity index (χ2v) is 8.14. The van der Waals surface area contributed by atoms with Crippen molar-refractivity contribution in [1.82, 2.24) is 15.0 Å². The van der Waals surface area contributed by atoms with Gasteiger partial charge in [-0.3, -0.25) is 23.6 Å². The van der Waals surface area contributed by atoms with Gasteiger partial charge in [-0.2, -0.15) is 0 Å². The molecule has 3 rings (SSSR count). The number of amides is 1. The first-order chi connectivity index (χ1) is 16.3.